The van der Waals surface area contributed by atoms with Gasteiger partial charge in [-0.15, -0.1) is 0 Å². The molecule has 0 N–H and O–H groups in total. The van der Waals surface area contributed by atoms with E-state index < -0.39 is 0 Å². The molecule has 0 aliphatic carbocycles. The number of para-hydroxylation sites is 3. The molecule has 0 fully saturated rings. The molecule has 5 nitrogen and oxygen atoms in total. The van der Waals surface area contributed by atoms with Crippen molar-refractivity contribution >= 4 is 54.5 Å². The van der Waals surface area contributed by atoms with Crippen LogP contribution in [0.3, 0.4) is 0 Å². The summed E-state index contributed by atoms with van der Waals surface area (Å²) in [6.45, 7) is 0. The average Bonchev–Trinajstić information content (AvgIpc) is 3.74. The van der Waals surface area contributed by atoms with E-state index in [2.05, 4.69) is 95.6 Å². The summed E-state index contributed by atoms with van der Waals surface area (Å²) in [5, 5.41) is 17.2. The molecule has 10 rings (SSSR count). The Morgan fingerprint density at radius 1 is 0.560 bits per heavy atom. The van der Waals surface area contributed by atoms with Crippen LogP contribution >= 0.6 is 0 Å². The summed E-state index contributed by atoms with van der Waals surface area (Å²) in [7, 11) is 0. The molecule has 0 radical (unpaired) electrons. The lowest BCUT2D eigenvalue weighted by atomic mass is 9.94. The van der Waals surface area contributed by atoms with Crippen LogP contribution in [0.25, 0.3) is 94.1 Å². The predicted molar refractivity (Wildman–Crippen MR) is 202 cm³/mol. The van der Waals surface area contributed by atoms with Gasteiger partial charge in [-0.3, -0.25) is 0 Å². The van der Waals surface area contributed by atoms with Gasteiger partial charge in [-0.25, -0.2) is 9.97 Å². The highest BCUT2D eigenvalue weighted by Gasteiger charge is 2.26. The minimum Gasteiger partial charge on any atom is -0.454 e. The zero-order valence-electron chi connectivity index (χ0n) is 26.7. The third-order valence-corrected chi connectivity index (χ3v) is 9.63. The van der Waals surface area contributed by atoms with Crippen LogP contribution in [0.1, 0.15) is 5.56 Å². The minimum absolute atomic E-state index is 0.421. The van der Waals surface area contributed by atoms with Crippen molar-refractivity contribution in [2.24, 2.45) is 0 Å². The summed E-state index contributed by atoms with van der Waals surface area (Å²) >= 11 is 0. The van der Waals surface area contributed by atoms with Gasteiger partial charge < -0.3 is 8.98 Å². The van der Waals surface area contributed by atoms with Crippen molar-refractivity contribution in [2.75, 3.05) is 0 Å². The van der Waals surface area contributed by atoms with Crippen LogP contribution in [-0.4, -0.2) is 14.5 Å². The van der Waals surface area contributed by atoms with E-state index in [1.54, 1.807) is 0 Å². The fourth-order valence-corrected chi connectivity index (χ4v) is 7.38. The lowest BCUT2D eigenvalue weighted by Crippen LogP contribution is -2.01. The first kappa shape index (κ1) is 28.0. The number of furan rings is 1. The van der Waals surface area contributed by atoms with Crippen LogP contribution in [0, 0.1) is 11.3 Å². The number of nitrogens with zero attached hydrogens (tertiary/aromatic N) is 4. The van der Waals surface area contributed by atoms with E-state index in [1.165, 1.54) is 0 Å². The number of benzene rings is 7. The van der Waals surface area contributed by atoms with E-state index in [9.17, 15) is 5.26 Å². The van der Waals surface area contributed by atoms with E-state index in [4.69, 9.17) is 14.4 Å². The van der Waals surface area contributed by atoms with E-state index in [0.29, 0.717) is 22.8 Å². The second kappa shape index (κ2) is 11.0. The molecule has 0 unspecified atom stereocenters. The molecule has 10 aromatic rings. The van der Waals surface area contributed by atoms with Crippen molar-refractivity contribution in [2.45, 2.75) is 0 Å². The Balaban J connectivity index is 1.40. The molecule has 0 aliphatic rings. The fourth-order valence-electron chi connectivity index (χ4n) is 7.38. The highest BCUT2D eigenvalue weighted by Crippen LogP contribution is 2.46. The number of rotatable bonds is 4. The second-order valence-corrected chi connectivity index (χ2v) is 12.5. The summed E-state index contributed by atoms with van der Waals surface area (Å²) in [6, 6.07) is 56.1. The number of nitriles is 1. The largest absolute Gasteiger partial charge is 0.454 e. The van der Waals surface area contributed by atoms with Gasteiger partial charge in [0.2, 0.25) is 0 Å². The molecule has 0 saturated carbocycles. The first-order valence-electron chi connectivity index (χ1n) is 16.6. The van der Waals surface area contributed by atoms with Gasteiger partial charge >= 0.3 is 0 Å². The van der Waals surface area contributed by atoms with Crippen LogP contribution in [0.5, 0.6) is 0 Å². The third kappa shape index (κ3) is 4.19. The van der Waals surface area contributed by atoms with E-state index in [1.807, 2.05) is 72.8 Å². The summed E-state index contributed by atoms with van der Waals surface area (Å²) in [4.78, 5) is 10.4. The Labute approximate surface area is 286 Å². The first-order chi connectivity index (χ1) is 24.8. The standard InChI is InChI=1S/C45H26N4O/c46-27-37-41(31-24-23-28-13-7-8-16-30(28)25-31)47-45(29-14-3-1-4-15-29)48-42(37)36-26-35-33-19-10-12-22-39(33)50-44(35)43-40(36)34-20-9-11-21-38(34)49(43)32-17-5-2-6-18-32/h1-26H. The Morgan fingerprint density at radius 2 is 1.24 bits per heavy atom. The van der Waals surface area contributed by atoms with Gasteiger partial charge in [0.15, 0.2) is 11.4 Å². The smallest absolute Gasteiger partial charge is 0.160 e. The normalized spacial score (nSPS) is 11.6. The number of aromatic nitrogens is 3. The van der Waals surface area contributed by atoms with E-state index in [-0.39, 0.29) is 0 Å². The Bertz CT molecular complexity index is 2990. The lowest BCUT2D eigenvalue weighted by molar-refractivity contribution is 0.671. The maximum Gasteiger partial charge on any atom is 0.160 e. The number of hydrogen-bond donors (Lipinski definition) is 0. The second-order valence-electron chi connectivity index (χ2n) is 12.5. The monoisotopic (exact) mass is 638 g/mol. The van der Waals surface area contributed by atoms with Crippen LogP contribution in [0.15, 0.2) is 162 Å². The SMILES string of the molecule is N#Cc1c(-c2ccc3ccccc3c2)nc(-c2ccccc2)nc1-c1cc2c3ccccc3oc2c2c1c1ccccc1n2-c1ccccc1. The van der Waals surface area contributed by atoms with Gasteiger partial charge in [-0.1, -0.05) is 121 Å². The van der Waals surface area contributed by atoms with Gasteiger partial charge in [0.1, 0.15) is 17.2 Å². The molecule has 0 saturated heterocycles. The molecule has 3 heterocycles. The number of hydrogen-bond acceptors (Lipinski definition) is 4. The zero-order chi connectivity index (χ0) is 33.2. The lowest BCUT2D eigenvalue weighted by Gasteiger charge is -2.14. The van der Waals surface area contributed by atoms with Gasteiger partial charge in [-0.2, -0.15) is 5.26 Å². The molecule has 0 atom stereocenters. The molecule has 7 aromatic carbocycles. The Morgan fingerprint density at radius 3 is 2.06 bits per heavy atom. The first-order valence-corrected chi connectivity index (χ1v) is 16.6. The summed E-state index contributed by atoms with van der Waals surface area (Å²) < 4.78 is 8.99. The number of fused-ring (bicyclic) bond motifs is 8. The van der Waals surface area contributed by atoms with Crippen LogP contribution in [-0.2, 0) is 0 Å². The molecule has 50 heavy (non-hydrogen) atoms. The van der Waals surface area contributed by atoms with Crippen molar-refractivity contribution in [3.8, 4) is 45.7 Å². The van der Waals surface area contributed by atoms with Gasteiger partial charge in [0, 0.05) is 43.9 Å². The maximum atomic E-state index is 11.1. The molecule has 0 spiro atoms. The van der Waals surface area contributed by atoms with Crippen molar-refractivity contribution in [3.63, 3.8) is 0 Å². The van der Waals surface area contributed by atoms with Crippen LogP contribution in [0.4, 0.5) is 0 Å². The predicted octanol–water partition coefficient (Wildman–Crippen LogP) is 11.5. The van der Waals surface area contributed by atoms with Crippen LogP contribution in [0.2, 0.25) is 0 Å². The van der Waals surface area contributed by atoms with E-state index in [0.717, 1.165) is 76.9 Å². The average molecular weight is 639 g/mol. The third-order valence-electron chi connectivity index (χ3n) is 9.63. The summed E-state index contributed by atoms with van der Waals surface area (Å²) in [5.74, 6) is 0.555. The van der Waals surface area contributed by atoms with Gasteiger partial charge in [0.05, 0.1) is 22.4 Å². The Kier molecular flexibility index (Phi) is 6.17. The highest BCUT2D eigenvalue weighted by atomic mass is 16.3. The van der Waals surface area contributed by atoms with E-state index >= 15 is 0 Å². The molecule has 0 amide bonds. The quantitative estimate of drug-likeness (QED) is 0.192. The topological polar surface area (TPSA) is 67.6 Å². The molecule has 0 aliphatic heterocycles. The fraction of sp³-hybridized carbons (Fsp3) is 0. The molecule has 5 heteroatoms. The summed E-state index contributed by atoms with van der Waals surface area (Å²) in [5.41, 5.74) is 8.75. The zero-order valence-corrected chi connectivity index (χ0v) is 26.7. The maximum absolute atomic E-state index is 11.1. The van der Waals surface area contributed by atoms with Crippen molar-refractivity contribution in [1.29, 1.82) is 5.26 Å². The molecule has 232 valence electrons. The van der Waals surface area contributed by atoms with Crippen molar-refractivity contribution < 1.29 is 4.42 Å². The molecule has 3 aromatic heterocycles. The molecular weight excluding hydrogens is 613 g/mol. The van der Waals surface area contributed by atoms with Crippen molar-refractivity contribution in [1.82, 2.24) is 14.5 Å². The molecular formula is C45H26N4O. The van der Waals surface area contributed by atoms with Gasteiger partial charge in [-0.05, 0) is 47.2 Å². The summed E-state index contributed by atoms with van der Waals surface area (Å²) in [6.07, 6.45) is 0. The highest BCUT2D eigenvalue weighted by molar-refractivity contribution is 6.26. The van der Waals surface area contributed by atoms with Crippen molar-refractivity contribution in [3.05, 3.63) is 163 Å². The molecule has 0 bridgehead atoms. The minimum atomic E-state index is 0.421. The van der Waals surface area contributed by atoms with Crippen LogP contribution < -0.4 is 0 Å². The Hall–Kier alpha value is -7.03. The van der Waals surface area contributed by atoms with Gasteiger partial charge in [0.25, 0.3) is 0 Å².